The standard InChI is InChI=1S/C9H10Cl3N3/c1-14-3-4-15(2)7-6(14)5(10)8(11)13-9(7)12/h3-4H2,1-2H3. The van der Waals surface area contributed by atoms with Crippen LogP contribution in [0.2, 0.25) is 15.3 Å². The molecule has 0 unspecified atom stereocenters. The maximum Gasteiger partial charge on any atom is 0.156 e. The van der Waals surface area contributed by atoms with Gasteiger partial charge in [-0.3, -0.25) is 0 Å². The zero-order valence-corrected chi connectivity index (χ0v) is 10.7. The number of hydrogen-bond acceptors (Lipinski definition) is 3. The van der Waals surface area contributed by atoms with E-state index in [-0.39, 0.29) is 5.15 Å². The number of hydrogen-bond donors (Lipinski definition) is 0. The molecule has 0 N–H and O–H groups in total. The van der Waals surface area contributed by atoms with Crippen molar-refractivity contribution in [1.29, 1.82) is 0 Å². The van der Waals surface area contributed by atoms with Gasteiger partial charge in [0, 0.05) is 27.2 Å². The topological polar surface area (TPSA) is 19.4 Å². The van der Waals surface area contributed by atoms with E-state index < -0.39 is 0 Å². The number of anilines is 2. The number of rotatable bonds is 0. The number of halogens is 3. The second-order valence-electron chi connectivity index (χ2n) is 3.55. The number of nitrogens with zero attached hydrogens (tertiary/aromatic N) is 3. The van der Waals surface area contributed by atoms with Crippen molar-refractivity contribution in [1.82, 2.24) is 4.98 Å². The summed E-state index contributed by atoms with van der Waals surface area (Å²) in [5.41, 5.74) is 1.70. The average Bonchev–Trinajstić information content (AvgIpc) is 2.18. The Morgan fingerprint density at radius 1 is 0.933 bits per heavy atom. The van der Waals surface area contributed by atoms with E-state index in [1.54, 1.807) is 0 Å². The summed E-state index contributed by atoms with van der Waals surface area (Å²) in [5.74, 6) is 0. The fourth-order valence-corrected chi connectivity index (χ4v) is 2.51. The van der Waals surface area contributed by atoms with Crippen molar-refractivity contribution in [2.45, 2.75) is 0 Å². The lowest BCUT2D eigenvalue weighted by atomic mass is 10.2. The van der Waals surface area contributed by atoms with Gasteiger partial charge in [0.1, 0.15) is 5.02 Å². The van der Waals surface area contributed by atoms with Gasteiger partial charge in [-0.15, -0.1) is 0 Å². The van der Waals surface area contributed by atoms with Gasteiger partial charge < -0.3 is 9.80 Å². The first kappa shape index (κ1) is 11.1. The maximum atomic E-state index is 6.12. The molecular formula is C9H10Cl3N3. The van der Waals surface area contributed by atoms with E-state index in [4.69, 9.17) is 34.8 Å². The molecule has 0 atom stereocenters. The normalized spacial score (nSPS) is 15.5. The predicted molar refractivity (Wildman–Crippen MR) is 65.8 cm³/mol. The monoisotopic (exact) mass is 265 g/mol. The molecule has 0 saturated heterocycles. The molecule has 2 rings (SSSR count). The van der Waals surface area contributed by atoms with E-state index in [2.05, 4.69) is 4.98 Å². The highest BCUT2D eigenvalue weighted by Gasteiger charge is 2.26. The van der Waals surface area contributed by atoms with E-state index in [1.807, 2.05) is 23.9 Å². The van der Waals surface area contributed by atoms with Crippen molar-refractivity contribution in [3.05, 3.63) is 15.3 Å². The third kappa shape index (κ3) is 1.73. The summed E-state index contributed by atoms with van der Waals surface area (Å²) >= 11 is 18.1. The highest BCUT2D eigenvalue weighted by Crippen LogP contribution is 2.44. The lowest BCUT2D eigenvalue weighted by Gasteiger charge is -2.35. The molecule has 0 radical (unpaired) electrons. The molecule has 3 nitrogen and oxygen atoms in total. The third-order valence-electron chi connectivity index (χ3n) is 2.54. The lowest BCUT2D eigenvalue weighted by molar-refractivity contribution is 0.794. The molecule has 0 amide bonds. The molecule has 1 aromatic rings. The van der Waals surface area contributed by atoms with Crippen LogP contribution in [-0.2, 0) is 0 Å². The summed E-state index contributed by atoms with van der Waals surface area (Å²) in [7, 11) is 3.92. The number of aromatic nitrogens is 1. The van der Waals surface area contributed by atoms with Crippen molar-refractivity contribution in [2.75, 3.05) is 37.0 Å². The molecule has 15 heavy (non-hydrogen) atoms. The van der Waals surface area contributed by atoms with Crippen LogP contribution in [0.4, 0.5) is 11.4 Å². The highest BCUT2D eigenvalue weighted by molar-refractivity contribution is 6.45. The van der Waals surface area contributed by atoms with E-state index in [1.165, 1.54) is 0 Å². The molecule has 0 aliphatic carbocycles. The first-order valence-corrected chi connectivity index (χ1v) is 5.62. The molecule has 1 aliphatic rings. The molecule has 1 aliphatic heterocycles. The Kier molecular flexibility index (Phi) is 2.88. The summed E-state index contributed by atoms with van der Waals surface area (Å²) in [5, 5.41) is 1.11. The average molecular weight is 267 g/mol. The van der Waals surface area contributed by atoms with Crippen LogP contribution in [0.5, 0.6) is 0 Å². The molecule has 0 bridgehead atoms. The SMILES string of the molecule is CN1CCN(C)c2c(Cl)c(Cl)nc(Cl)c21. The minimum absolute atomic E-state index is 0.252. The van der Waals surface area contributed by atoms with Crippen LogP contribution < -0.4 is 9.80 Å². The second kappa shape index (κ2) is 3.89. The zero-order valence-electron chi connectivity index (χ0n) is 8.39. The molecule has 0 fully saturated rings. The van der Waals surface area contributed by atoms with Crippen LogP contribution in [-0.4, -0.2) is 32.2 Å². The van der Waals surface area contributed by atoms with Gasteiger partial charge >= 0.3 is 0 Å². The lowest BCUT2D eigenvalue weighted by Crippen LogP contribution is -2.37. The summed E-state index contributed by atoms with van der Waals surface area (Å²) in [6.07, 6.45) is 0. The zero-order chi connectivity index (χ0) is 11.2. The Morgan fingerprint density at radius 2 is 1.47 bits per heavy atom. The largest absolute Gasteiger partial charge is 0.370 e. The van der Waals surface area contributed by atoms with Crippen LogP contribution in [0.25, 0.3) is 0 Å². The quantitative estimate of drug-likeness (QED) is 0.673. The Balaban J connectivity index is 2.71. The number of likely N-dealkylation sites (N-methyl/N-ethyl adjacent to an activating group) is 2. The van der Waals surface area contributed by atoms with Gasteiger partial charge in [0.05, 0.1) is 11.4 Å². The minimum atomic E-state index is 0.252. The molecule has 1 aromatic heterocycles. The van der Waals surface area contributed by atoms with Crippen molar-refractivity contribution >= 4 is 46.2 Å². The van der Waals surface area contributed by atoms with E-state index >= 15 is 0 Å². The van der Waals surface area contributed by atoms with Gasteiger partial charge in [0.25, 0.3) is 0 Å². The second-order valence-corrected chi connectivity index (χ2v) is 4.64. The van der Waals surface area contributed by atoms with E-state index in [9.17, 15) is 0 Å². The Bertz CT molecular complexity index is 408. The van der Waals surface area contributed by atoms with Crippen LogP contribution in [0.3, 0.4) is 0 Å². The highest BCUT2D eigenvalue weighted by atomic mass is 35.5. The van der Waals surface area contributed by atoms with Crippen LogP contribution in [0.15, 0.2) is 0 Å². The van der Waals surface area contributed by atoms with E-state index in [0.717, 1.165) is 24.5 Å². The summed E-state index contributed by atoms with van der Waals surface area (Å²) in [4.78, 5) is 8.08. The Morgan fingerprint density at radius 3 is 2.07 bits per heavy atom. The van der Waals surface area contributed by atoms with Gasteiger partial charge in [-0.25, -0.2) is 4.98 Å². The van der Waals surface area contributed by atoms with Crippen molar-refractivity contribution in [3.8, 4) is 0 Å². The first-order chi connectivity index (χ1) is 7.02. The van der Waals surface area contributed by atoms with Gasteiger partial charge in [0.2, 0.25) is 0 Å². The maximum absolute atomic E-state index is 6.12. The molecule has 0 saturated carbocycles. The number of fused-ring (bicyclic) bond motifs is 1. The molecule has 6 heteroatoms. The summed E-state index contributed by atoms with van der Waals surface area (Å²) in [6.45, 7) is 1.78. The first-order valence-electron chi connectivity index (χ1n) is 4.49. The van der Waals surface area contributed by atoms with Crippen LogP contribution >= 0.6 is 34.8 Å². The van der Waals surface area contributed by atoms with Crippen LogP contribution in [0.1, 0.15) is 0 Å². The minimum Gasteiger partial charge on any atom is -0.370 e. The van der Waals surface area contributed by atoms with Crippen molar-refractivity contribution in [3.63, 3.8) is 0 Å². The van der Waals surface area contributed by atoms with Crippen LogP contribution in [0, 0.1) is 0 Å². The molecule has 0 spiro atoms. The van der Waals surface area contributed by atoms with Gasteiger partial charge in [-0.1, -0.05) is 34.8 Å². The Hall–Kier alpha value is -0.380. The Labute approximate surface area is 104 Å². The van der Waals surface area contributed by atoms with Crippen molar-refractivity contribution < 1.29 is 0 Å². The fraction of sp³-hybridized carbons (Fsp3) is 0.444. The predicted octanol–water partition coefficient (Wildman–Crippen LogP) is 2.93. The fourth-order valence-electron chi connectivity index (χ4n) is 1.70. The third-order valence-corrected chi connectivity index (χ3v) is 3.53. The van der Waals surface area contributed by atoms with Crippen molar-refractivity contribution in [2.24, 2.45) is 0 Å². The smallest absolute Gasteiger partial charge is 0.156 e. The molecule has 2 heterocycles. The molecular weight excluding hydrogens is 256 g/mol. The van der Waals surface area contributed by atoms with E-state index in [0.29, 0.717) is 10.2 Å². The molecule has 82 valence electrons. The van der Waals surface area contributed by atoms with Gasteiger partial charge in [0.15, 0.2) is 10.3 Å². The van der Waals surface area contributed by atoms with Gasteiger partial charge in [-0.05, 0) is 0 Å². The van der Waals surface area contributed by atoms with Gasteiger partial charge in [-0.2, -0.15) is 0 Å². The molecule has 0 aromatic carbocycles. The number of pyridine rings is 1. The summed E-state index contributed by atoms with van der Waals surface area (Å²) in [6, 6.07) is 0. The summed E-state index contributed by atoms with van der Waals surface area (Å²) < 4.78 is 0.